The molecule has 0 fully saturated rings. The molecule has 53 valence electrons. The first-order valence-corrected chi connectivity index (χ1v) is 2.73. The highest BCUT2D eigenvalue weighted by molar-refractivity contribution is 5.66. The van der Waals surface area contributed by atoms with Crippen molar-refractivity contribution in [2.24, 2.45) is 0 Å². The lowest BCUT2D eigenvalue weighted by Crippen LogP contribution is -2.21. The van der Waals surface area contributed by atoms with Crippen LogP contribution in [0.5, 0.6) is 0 Å². The summed E-state index contributed by atoms with van der Waals surface area (Å²) in [4.78, 5) is 12.0. The van der Waals surface area contributed by atoms with Gasteiger partial charge in [0.2, 0.25) is 6.23 Å². The van der Waals surface area contributed by atoms with Crippen molar-refractivity contribution in [3.63, 3.8) is 0 Å². The third kappa shape index (κ3) is 3.97. The maximum atomic E-state index is 10.3. The molecule has 0 aliphatic heterocycles. The summed E-state index contributed by atoms with van der Waals surface area (Å²) < 4.78 is 4.72. The molecule has 0 aromatic heterocycles. The Morgan fingerprint density at radius 2 is 1.78 bits per heavy atom. The minimum absolute atomic E-state index is 0.277. The van der Waals surface area contributed by atoms with E-state index in [1.807, 2.05) is 14.1 Å². The minimum atomic E-state index is -0.277. The highest BCUT2D eigenvalue weighted by Gasteiger charge is 2.07. The zero-order valence-corrected chi connectivity index (χ0v) is 6.26. The monoisotopic (exact) mass is 130 g/mol. The highest BCUT2D eigenvalue weighted by atomic mass is 16.6. The molecule has 0 rings (SSSR count). The Morgan fingerprint density at radius 1 is 1.33 bits per heavy atom. The van der Waals surface area contributed by atoms with E-state index in [1.165, 1.54) is 6.92 Å². The fraction of sp³-hybridized carbons (Fsp3) is 0.667. The summed E-state index contributed by atoms with van der Waals surface area (Å²) in [6.45, 7) is 3.12. The van der Waals surface area contributed by atoms with Gasteiger partial charge < -0.3 is 4.74 Å². The molecular weight excluding hydrogens is 118 g/mol. The first kappa shape index (κ1) is 8.43. The average Bonchev–Trinajstić information content (AvgIpc) is 1.63. The van der Waals surface area contributed by atoms with E-state index in [0.29, 0.717) is 6.23 Å². The third-order valence-electron chi connectivity index (χ3n) is 0.921. The maximum Gasteiger partial charge on any atom is 0.304 e. The van der Waals surface area contributed by atoms with Gasteiger partial charge in [0.25, 0.3) is 0 Å². The average molecular weight is 130 g/mol. The van der Waals surface area contributed by atoms with Gasteiger partial charge in [-0.2, -0.15) is 0 Å². The molecule has 0 saturated heterocycles. The van der Waals surface area contributed by atoms with E-state index in [2.05, 4.69) is 0 Å². The lowest BCUT2D eigenvalue weighted by Gasteiger charge is -2.16. The first-order chi connectivity index (χ1) is 4.04. The van der Waals surface area contributed by atoms with Crippen molar-refractivity contribution in [3.05, 3.63) is 6.23 Å². The number of carbonyl (C=O) groups is 1. The standard InChI is InChI=1S/C6H12NO2/c1-5(7(3)4)9-6(2)8/h1-4H3. The molecule has 0 amide bonds. The van der Waals surface area contributed by atoms with Crippen LogP contribution in [-0.4, -0.2) is 25.0 Å². The number of rotatable bonds is 2. The number of esters is 1. The zero-order valence-electron chi connectivity index (χ0n) is 6.26. The van der Waals surface area contributed by atoms with Gasteiger partial charge in [-0.15, -0.1) is 0 Å². The molecule has 0 saturated carbocycles. The van der Waals surface area contributed by atoms with E-state index in [9.17, 15) is 4.79 Å². The van der Waals surface area contributed by atoms with Gasteiger partial charge in [0.15, 0.2) is 0 Å². The molecule has 1 radical (unpaired) electrons. The number of hydrogen-bond acceptors (Lipinski definition) is 3. The van der Waals surface area contributed by atoms with Crippen LogP contribution in [0.4, 0.5) is 0 Å². The molecule has 0 N–H and O–H groups in total. The van der Waals surface area contributed by atoms with Crippen molar-refractivity contribution in [1.29, 1.82) is 0 Å². The van der Waals surface area contributed by atoms with E-state index in [0.717, 1.165) is 0 Å². The second-order valence-electron chi connectivity index (χ2n) is 2.01. The van der Waals surface area contributed by atoms with Gasteiger partial charge >= 0.3 is 5.97 Å². The van der Waals surface area contributed by atoms with E-state index >= 15 is 0 Å². The molecular formula is C6H12NO2. The highest BCUT2D eigenvalue weighted by Crippen LogP contribution is 2.02. The lowest BCUT2D eigenvalue weighted by atomic mass is 10.6. The Hall–Kier alpha value is -0.570. The quantitative estimate of drug-likeness (QED) is 0.513. The Morgan fingerprint density at radius 3 is 1.89 bits per heavy atom. The summed E-state index contributed by atoms with van der Waals surface area (Å²) in [5.41, 5.74) is 0. The summed E-state index contributed by atoms with van der Waals surface area (Å²) in [5, 5.41) is 0. The molecule has 0 aromatic carbocycles. The third-order valence-corrected chi connectivity index (χ3v) is 0.921. The summed E-state index contributed by atoms with van der Waals surface area (Å²) in [5.74, 6) is -0.277. The van der Waals surface area contributed by atoms with Crippen LogP contribution in [0.25, 0.3) is 0 Å². The second-order valence-corrected chi connectivity index (χ2v) is 2.01. The van der Waals surface area contributed by atoms with Gasteiger partial charge in [-0.05, 0) is 21.0 Å². The number of carbonyl (C=O) groups excluding carboxylic acids is 1. The number of hydrogen-bond donors (Lipinski definition) is 0. The van der Waals surface area contributed by atoms with Crippen LogP contribution in [0, 0.1) is 6.23 Å². The van der Waals surface area contributed by atoms with E-state index < -0.39 is 0 Å². The molecule has 0 atom stereocenters. The lowest BCUT2D eigenvalue weighted by molar-refractivity contribution is -0.143. The van der Waals surface area contributed by atoms with Crippen LogP contribution in [0.15, 0.2) is 0 Å². The van der Waals surface area contributed by atoms with Crippen LogP contribution >= 0.6 is 0 Å². The van der Waals surface area contributed by atoms with Crippen LogP contribution in [0.2, 0.25) is 0 Å². The maximum absolute atomic E-state index is 10.3. The van der Waals surface area contributed by atoms with Crippen molar-refractivity contribution in [1.82, 2.24) is 4.90 Å². The second kappa shape index (κ2) is 3.45. The van der Waals surface area contributed by atoms with Crippen LogP contribution in [0.1, 0.15) is 13.8 Å². The molecule has 3 nitrogen and oxygen atoms in total. The van der Waals surface area contributed by atoms with Gasteiger partial charge in [-0.1, -0.05) is 0 Å². The van der Waals surface area contributed by atoms with Crippen LogP contribution < -0.4 is 0 Å². The van der Waals surface area contributed by atoms with E-state index in [-0.39, 0.29) is 5.97 Å². The van der Waals surface area contributed by atoms with Gasteiger partial charge in [0.05, 0.1) is 0 Å². The minimum Gasteiger partial charge on any atom is -0.438 e. The molecule has 0 unspecified atom stereocenters. The fourth-order valence-corrected chi connectivity index (χ4v) is 0.299. The Balaban J connectivity index is 3.50. The predicted molar refractivity (Wildman–Crippen MR) is 34.4 cm³/mol. The smallest absolute Gasteiger partial charge is 0.304 e. The summed E-state index contributed by atoms with van der Waals surface area (Å²) in [7, 11) is 3.64. The van der Waals surface area contributed by atoms with Gasteiger partial charge in [-0.3, -0.25) is 9.69 Å². The summed E-state index contributed by atoms with van der Waals surface area (Å²) in [6.07, 6.45) is 0.613. The van der Waals surface area contributed by atoms with E-state index in [4.69, 9.17) is 4.74 Å². The van der Waals surface area contributed by atoms with Gasteiger partial charge in [-0.25, -0.2) is 0 Å². The fourth-order valence-electron chi connectivity index (χ4n) is 0.299. The number of nitrogens with zero attached hydrogens (tertiary/aromatic N) is 1. The summed E-state index contributed by atoms with van der Waals surface area (Å²) in [6, 6.07) is 0. The largest absolute Gasteiger partial charge is 0.438 e. The molecule has 3 heteroatoms. The Labute approximate surface area is 55.6 Å². The normalized spacial score (nSPS) is 10.4. The molecule has 9 heavy (non-hydrogen) atoms. The topological polar surface area (TPSA) is 29.5 Å². The van der Waals surface area contributed by atoms with Crippen LogP contribution in [0.3, 0.4) is 0 Å². The van der Waals surface area contributed by atoms with Crippen molar-refractivity contribution >= 4 is 5.97 Å². The molecule has 0 heterocycles. The Kier molecular flexibility index (Phi) is 3.24. The van der Waals surface area contributed by atoms with Crippen molar-refractivity contribution in [2.45, 2.75) is 13.8 Å². The molecule has 0 bridgehead atoms. The van der Waals surface area contributed by atoms with Crippen molar-refractivity contribution in [3.8, 4) is 0 Å². The van der Waals surface area contributed by atoms with E-state index in [1.54, 1.807) is 11.8 Å². The van der Waals surface area contributed by atoms with Crippen molar-refractivity contribution in [2.75, 3.05) is 14.1 Å². The van der Waals surface area contributed by atoms with Gasteiger partial charge in [0.1, 0.15) is 0 Å². The molecule has 0 aliphatic rings. The van der Waals surface area contributed by atoms with Gasteiger partial charge in [0, 0.05) is 6.92 Å². The first-order valence-electron chi connectivity index (χ1n) is 2.73. The van der Waals surface area contributed by atoms with Crippen molar-refractivity contribution < 1.29 is 9.53 Å². The Bertz CT molecular complexity index is 101. The SMILES string of the molecule is C[C](OC(C)=O)N(C)C. The molecule has 0 spiro atoms. The summed E-state index contributed by atoms with van der Waals surface area (Å²) >= 11 is 0. The zero-order chi connectivity index (χ0) is 7.44. The van der Waals surface area contributed by atoms with Crippen LogP contribution in [-0.2, 0) is 9.53 Å². The number of ether oxygens (including phenoxy) is 1. The predicted octanol–water partition coefficient (Wildman–Crippen LogP) is 0.620. The molecule has 0 aliphatic carbocycles. The molecule has 0 aromatic rings.